The lowest BCUT2D eigenvalue weighted by molar-refractivity contribution is -0.354. The molecule has 2 saturated heterocycles. The molecule has 0 aromatic rings. The SMILES string of the molecule is C[C@@H]1O[C@H]2CO[C@H](C)O[C@H]2[C@H](C2C3=C(CC(C)(C)CC3=O)OC3=C2C(=O)CC(C)(C)C3)O1. The van der Waals surface area contributed by atoms with Gasteiger partial charge in [0.05, 0.1) is 12.5 Å². The highest BCUT2D eigenvalue weighted by Crippen LogP contribution is 2.52. The summed E-state index contributed by atoms with van der Waals surface area (Å²) in [6.07, 6.45) is -0.0443. The van der Waals surface area contributed by atoms with Gasteiger partial charge in [-0.1, -0.05) is 27.7 Å². The molecule has 5 rings (SSSR count). The monoisotopic (exact) mass is 446 g/mol. The molecule has 0 aromatic carbocycles. The van der Waals surface area contributed by atoms with Crippen LogP contribution in [0.15, 0.2) is 22.7 Å². The third kappa shape index (κ3) is 3.77. The van der Waals surface area contributed by atoms with Gasteiger partial charge in [-0.05, 0) is 24.7 Å². The van der Waals surface area contributed by atoms with Crippen LogP contribution in [0.1, 0.15) is 67.2 Å². The molecule has 3 aliphatic heterocycles. The van der Waals surface area contributed by atoms with E-state index < -0.39 is 30.7 Å². The second-order valence-electron chi connectivity index (χ2n) is 11.5. The van der Waals surface area contributed by atoms with E-state index in [9.17, 15) is 9.59 Å². The smallest absolute Gasteiger partial charge is 0.163 e. The van der Waals surface area contributed by atoms with Crippen molar-refractivity contribution in [2.24, 2.45) is 16.7 Å². The third-order valence-corrected chi connectivity index (χ3v) is 7.20. The van der Waals surface area contributed by atoms with Gasteiger partial charge in [0.2, 0.25) is 0 Å². The van der Waals surface area contributed by atoms with Crippen LogP contribution in [0, 0.1) is 16.7 Å². The van der Waals surface area contributed by atoms with Gasteiger partial charge in [0, 0.05) is 36.8 Å². The zero-order chi connectivity index (χ0) is 23.0. The molecule has 176 valence electrons. The van der Waals surface area contributed by atoms with Crippen molar-refractivity contribution < 1.29 is 33.3 Å². The Balaban J connectivity index is 1.64. The number of hydrogen-bond donors (Lipinski definition) is 0. The van der Waals surface area contributed by atoms with Gasteiger partial charge in [-0.2, -0.15) is 0 Å². The summed E-state index contributed by atoms with van der Waals surface area (Å²) in [4.78, 5) is 27.0. The van der Waals surface area contributed by atoms with Gasteiger partial charge < -0.3 is 23.7 Å². The maximum Gasteiger partial charge on any atom is 0.163 e. The Morgan fingerprint density at radius 3 is 1.81 bits per heavy atom. The minimum absolute atomic E-state index is 0.0323. The minimum Gasteiger partial charge on any atom is -0.465 e. The number of rotatable bonds is 1. The molecule has 5 atom stereocenters. The van der Waals surface area contributed by atoms with Crippen molar-refractivity contribution in [2.45, 2.75) is 98.1 Å². The van der Waals surface area contributed by atoms with Gasteiger partial charge >= 0.3 is 0 Å². The summed E-state index contributed by atoms with van der Waals surface area (Å²) in [5, 5.41) is 0. The number of fused-ring (bicyclic) bond motifs is 1. The van der Waals surface area contributed by atoms with Gasteiger partial charge in [-0.3, -0.25) is 9.59 Å². The second kappa shape index (κ2) is 7.49. The fourth-order valence-corrected chi connectivity index (χ4v) is 5.98. The van der Waals surface area contributed by atoms with Crippen LogP contribution in [0.3, 0.4) is 0 Å². The molecule has 0 radical (unpaired) electrons. The van der Waals surface area contributed by atoms with Crippen LogP contribution < -0.4 is 0 Å². The highest BCUT2D eigenvalue weighted by atomic mass is 16.8. The molecule has 2 fully saturated rings. The predicted molar refractivity (Wildman–Crippen MR) is 114 cm³/mol. The summed E-state index contributed by atoms with van der Waals surface area (Å²) in [6, 6.07) is 0. The fourth-order valence-electron chi connectivity index (χ4n) is 5.98. The van der Waals surface area contributed by atoms with E-state index in [0.717, 1.165) is 0 Å². The molecule has 3 heterocycles. The van der Waals surface area contributed by atoms with Crippen molar-refractivity contribution in [1.29, 1.82) is 0 Å². The van der Waals surface area contributed by atoms with Crippen LogP contribution in [-0.2, 0) is 33.3 Å². The first-order valence-corrected chi connectivity index (χ1v) is 11.7. The Bertz CT molecular complexity index is 859. The van der Waals surface area contributed by atoms with Crippen LogP contribution in [0.2, 0.25) is 0 Å². The van der Waals surface area contributed by atoms with Crippen molar-refractivity contribution in [2.75, 3.05) is 6.61 Å². The quantitative estimate of drug-likeness (QED) is 0.606. The topological polar surface area (TPSA) is 80.3 Å². The molecule has 5 aliphatic rings. The van der Waals surface area contributed by atoms with Gasteiger partial charge in [0.25, 0.3) is 0 Å². The number of ketones is 2. The lowest BCUT2D eigenvalue weighted by Crippen LogP contribution is -2.60. The Morgan fingerprint density at radius 2 is 1.25 bits per heavy atom. The van der Waals surface area contributed by atoms with E-state index in [-0.39, 0.29) is 28.5 Å². The zero-order valence-electron chi connectivity index (χ0n) is 19.9. The summed E-state index contributed by atoms with van der Waals surface area (Å²) in [6.45, 7) is 12.4. The molecule has 7 nitrogen and oxygen atoms in total. The molecule has 0 aromatic heterocycles. The zero-order valence-corrected chi connectivity index (χ0v) is 19.9. The Kier molecular flexibility index (Phi) is 5.21. The van der Waals surface area contributed by atoms with E-state index >= 15 is 0 Å². The van der Waals surface area contributed by atoms with Crippen molar-refractivity contribution in [3.63, 3.8) is 0 Å². The van der Waals surface area contributed by atoms with E-state index in [1.807, 2.05) is 13.8 Å². The third-order valence-electron chi connectivity index (χ3n) is 7.20. The summed E-state index contributed by atoms with van der Waals surface area (Å²) >= 11 is 0. The molecule has 0 unspecified atom stereocenters. The molecule has 2 aliphatic carbocycles. The maximum absolute atomic E-state index is 13.5. The van der Waals surface area contributed by atoms with Crippen molar-refractivity contribution in [1.82, 2.24) is 0 Å². The van der Waals surface area contributed by atoms with Crippen molar-refractivity contribution in [3.05, 3.63) is 22.7 Å². The molecule has 32 heavy (non-hydrogen) atoms. The van der Waals surface area contributed by atoms with Crippen LogP contribution in [0.4, 0.5) is 0 Å². The van der Waals surface area contributed by atoms with E-state index in [4.69, 9.17) is 23.7 Å². The second-order valence-corrected chi connectivity index (χ2v) is 11.5. The first-order chi connectivity index (χ1) is 14.9. The average molecular weight is 447 g/mol. The highest BCUT2D eigenvalue weighted by molar-refractivity contribution is 6.04. The van der Waals surface area contributed by atoms with Crippen molar-refractivity contribution in [3.8, 4) is 0 Å². The number of carbonyl (C=O) groups is 2. The van der Waals surface area contributed by atoms with Gasteiger partial charge in [-0.15, -0.1) is 0 Å². The Labute approximate surface area is 189 Å². The van der Waals surface area contributed by atoms with E-state index in [1.165, 1.54) is 0 Å². The molecule has 0 spiro atoms. The van der Waals surface area contributed by atoms with E-state index in [2.05, 4.69) is 27.7 Å². The number of carbonyl (C=O) groups excluding carboxylic acids is 2. The molecular weight excluding hydrogens is 412 g/mol. The first-order valence-electron chi connectivity index (χ1n) is 11.7. The van der Waals surface area contributed by atoms with E-state index in [1.54, 1.807) is 0 Å². The summed E-state index contributed by atoms with van der Waals surface area (Å²) in [7, 11) is 0. The molecular formula is C25H34O7. The number of allylic oxidation sites excluding steroid dienone is 2. The number of Topliss-reactive ketones (excluding diaryl/α,β-unsaturated/α-hetero) is 2. The minimum atomic E-state index is -0.524. The maximum atomic E-state index is 13.5. The van der Waals surface area contributed by atoms with Crippen LogP contribution >= 0.6 is 0 Å². The normalized spacial score (nSPS) is 39.2. The lowest BCUT2D eigenvalue weighted by atomic mass is 9.65. The van der Waals surface area contributed by atoms with Crippen LogP contribution in [0.5, 0.6) is 0 Å². The standard InChI is InChI=1S/C25H34O7/c1-12-28-11-18-22(30-12)23(31-13(2)29-18)21-19-14(26)7-24(3,4)9-16(19)32-17-10-25(5,6)8-15(27)20(17)21/h12-13,18,21-23H,7-11H2,1-6H3/t12-,13+,18-,22+,23-/m0/s1. The molecule has 0 bridgehead atoms. The largest absolute Gasteiger partial charge is 0.465 e. The molecule has 0 saturated carbocycles. The number of ether oxygens (including phenoxy) is 5. The van der Waals surface area contributed by atoms with Crippen LogP contribution in [-0.4, -0.2) is 49.1 Å². The Hall–Kier alpha value is -1.54. The molecule has 0 amide bonds. The summed E-state index contributed by atoms with van der Waals surface area (Å²) < 4.78 is 30.4. The first kappa shape index (κ1) is 22.3. The van der Waals surface area contributed by atoms with Crippen LogP contribution in [0.25, 0.3) is 0 Å². The fraction of sp³-hybridized carbons (Fsp3) is 0.760. The predicted octanol–water partition coefficient (Wildman–Crippen LogP) is 3.81. The van der Waals surface area contributed by atoms with Crippen molar-refractivity contribution >= 4 is 11.6 Å². The number of hydrogen-bond acceptors (Lipinski definition) is 7. The average Bonchev–Trinajstić information content (AvgIpc) is 2.64. The van der Waals surface area contributed by atoms with Gasteiger partial charge in [0.1, 0.15) is 29.8 Å². The lowest BCUT2D eigenvalue weighted by Gasteiger charge is -2.50. The van der Waals surface area contributed by atoms with Gasteiger partial charge in [0.15, 0.2) is 24.1 Å². The van der Waals surface area contributed by atoms with E-state index in [0.29, 0.717) is 55.0 Å². The Morgan fingerprint density at radius 1 is 0.719 bits per heavy atom. The van der Waals surface area contributed by atoms with Gasteiger partial charge in [-0.25, -0.2) is 0 Å². The summed E-state index contributed by atoms with van der Waals surface area (Å²) in [5.41, 5.74) is 0.805. The molecule has 7 heteroatoms. The summed E-state index contributed by atoms with van der Waals surface area (Å²) in [5.74, 6) is 0.944. The molecule has 0 N–H and O–H groups in total. The highest BCUT2D eigenvalue weighted by Gasteiger charge is 2.55.